The van der Waals surface area contributed by atoms with Crippen LogP contribution >= 0.6 is 0 Å². The molecule has 0 aliphatic carbocycles. The Bertz CT molecular complexity index is 1380. The predicted octanol–water partition coefficient (Wildman–Crippen LogP) is 5.88. The molecular weight excluding hydrogens is 579 g/mol. The monoisotopic (exact) mass is 604 g/mol. The summed E-state index contributed by atoms with van der Waals surface area (Å²) >= 11 is 0. The van der Waals surface area contributed by atoms with Crippen LogP contribution in [0.5, 0.6) is 5.75 Å². The normalized spacial score (nSPS) is 18.6. The van der Waals surface area contributed by atoms with E-state index in [1.54, 1.807) is 43.3 Å². The zero-order chi connectivity index (χ0) is 29.2. The minimum Gasteiger partial charge on any atom is -0.743 e. The zero-order valence-corrected chi connectivity index (χ0v) is 22.7. The predicted molar refractivity (Wildman–Crippen MR) is 135 cm³/mol. The van der Waals surface area contributed by atoms with Gasteiger partial charge >= 0.3 is 5.25 Å². The van der Waals surface area contributed by atoms with Crippen molar-refractivity contribution in [3.05, 3.63) is 84.4 Å². The van der Waals surface area contributed by atoms with Crippen molar-refractivity contribution in [3.8, 4) is 5.75 Å². The first-order chi connectivity index (χ1) is 18.7. The Kier molecular flexibility index (Phi) is 8.81. The van der Waals surface area contributed by atoms with Crippen LogP contribution in [0.4, 0.5) is 22.0 Å². The molecule has 6 nitrogen and oxygen atoms in total. The lowest BCUT2D eigenvalue weighted by Crippen LogP contribution is -2.46. The van der Waals surface area contributed by atoms with Crippen molar-refractivity contribution >= 4 is 21.0 Å². The third-order valence-electron chi connectivity index (χ3n) is 6.11. The average molecular weight is 605 g/mol. The molecule has 1 heterocycles. The van der Waals surface area contributed by atoms with Crippen molar-refractivity contribution in [1.29, 1.82) is 0 Å². The molecule has 0 spiro atoms. The Hall–Kier alpha value is -2.71. The van der Waals surface area contributed by atoms with Crippen LogP contribution in [0.2, 0.25) is 0 Å². The summed E-state index contributed by atoms with van der Waals surface area (Å²) in [5.41, 5.74) is 0.577. The lowest BCUT2D eigenvalue weighted by molar-refractivity contribution is -0.328. The summed E-state index contributed by atoms with van der Waals surface area (Å²) in [6, 6.07) is 23.4. The van der Waals surface area contributed by atoms with E-state index in [0.717, 1.165) is 14.7 Å². The molecule has 2 unspecified atom stereocenters. The Morgan fingerprint density at radius 2 is 1.43 bits per heavy atom. The summed E-state index contributed by atoms with van der Waals surface area (Å²) < 4.78 is 115. The van der Waals surface area contributed by atoms with E-state index in [1.807, 2.05) is 42.5 Å². The van der Waals surface area contributed by atoms with E-state index < -0.39 is 70.4 Å². The van der Waals surface area contributed by atoms with E-state index in [2.05, 4.69) is 0 Å². The maximum absolute atomic E-state index is 13.7. The van der Waals surface area contributed by atoms with Crippen LogP contribution < -0.4 is 4.74 Å². The molecule has 3 aromatic carbocycles. The maximum atomic E-state index is 13.7. The van der Waals surface area contributed by atoms with Crippen molar-refractivity contribution in [3.63, 3.8) is 0 Å². The van der Waals surface area contributed by atoms with Gasteiger partial charge in [-0.15, -0.1) is 0 Å². The maximum Gasteiger partial charge on any atom is 0.364 e. The molecule has 13 heteroatoms. The second kappa shape index (κ2) is 11.6. The first-order valence-electron chi connectivity index (χ1n) is 12.0. The first kappa shape index (κ1) is 30.3. The van der Waals surface area contributed by atoms with E-state index >= 15 is 0 Å². The Morgan fingerprint density at radius 1 is 0.925 bits per heavy atom. The highest BCUT2D eigenvalue weighted by Gasteiger charge is 2.47. The summed E-state index contributed by atoms with van der Waals surface area (Å²) in [6.07, 6.45) is -4.20. The number of benzene rings is 3. The molecule has 2 atom stereocenters. The van der Waals surface area contributed by atoms with Crippen LogP contribution in [0.25, 0.3) is 0 Å². The molecule has 216 valence electrons. The van der Waals surface area contributed by atoms with Gasteiger partial charge in [0.15, 0.2) is 36.8 Å². The van der Waals surface area contributed by atoms with Gasteiger partial charge in [0.05, 0.1) is 17.5 Å². The summed E-state index contributed by atoms with van der Waals surface area (Å²) in [7, 11) is -6.75. The quantitative estimate of drug-likeness (QED) is 0.163. The standard InChI is InChI=1S/C27H25F5O6S2/c1-25(37-17-26(29,30)18-38-25)19-7-11-22(12-8-19)39(21-5-3-2-4-6-21)23-13-9-20(10-14-23)36-16-15-24(28)27(31,32)40(33,34)35/h2-14,24H,15-18H2,1H3. The van der Waals surface area contributed by atoms with E-state index in [1.165, 1.54) is 0 Å². The second-order valence-electron chi connectivity index (χ2n) is 9.11. The molecule has 1 aliphatic heterocycles. The molecule has 0 aromatic heterocycles. The Balaban J connectivity index is 1.50. The van der Waals surface area contributed by atoms with E-state index in [0.29, 0.717) is 5.56 Å². The molecule has 0 bridgehead atoms. The Morgan fingerprint density at radius 3 is 1.95 bits per heavy atom. The van der Waals surface area contributed by atoms with E-state index in [9.17, 15) is 34.9 Å². The van der Waals surface area contributed by atoms with Gasteiger partial charge in [-0.05, 0) is 67.6 Å². The molecule has 3 aromatic rings. The molecule has 0 saturated carbocycles. The van der Waals surface area contributed by atoms with Crippen molar-refractivity contribution in [2.45, 2.75) is 51.2 Å². The number of hydrogen-bond acceptors (Lipinski definition) is 6. The van der Waals surface area contributed by atoms with Gasteiger partial charge in [0.25, 0.3) is 5.92 Å². The van der Waals surface area contributed by atoms with Gasteiger partial charge in [0.2, 0.25) is 0 Å². The van der Waals surface area contributed by atoms with Crippen molar-refractivity contribution < 1.29 is 49.1 Å². The van der Waals surface area contributed by atoms with Crippen molar-refractivity contribution in [1.82, 2.24) is 0 Å². The number of rotatable bonds is 10. The second-order valence-corrected chi connectivity index (χ2v) is 12.6. The Labute approximate surface area is 231 Å². The summed E-state index contributed by atoms with van der Waals surface area (Å²) in [5.74, 6) is -4.14. The zero-order valence-electron chi connectivity index (χ0n) is 21.1. The lowest BCUT2D eigenvalue weighted by atomic mass is 10.1. The van der Waals surface area contributed by atoms with Crippen LogP contribution in [0, 0.1) is 0 Å². The number of alkyl halides is 5. The lowest BCUT2D eigenvalue weighted by Gasteiger charge is -2.37. The van der Waals surface area contributed by atoms with Crippen molar-refractivity contribution in [2.24, 2.45) is 0 Å². The fourth-order valence-electron chi connectivity index (χ4n) is 3.87. The fourth-order valence-corrected chi connectivity index (χ4v) is 6.37. The first-order valence-corrected chi connectivity index (χ1v) is 14.6. The highest BCUT2D eigenvalue weighted by atomic mass is 32.2. The van der Waals surface area contributed by atoms with Crippen LogP contribution in [-0.2, 0) is 36.3 Å². The number of ether oxygens (including phenoxy) is 3. The highest BCUT2D eigenvalue weighted by Crippen LogP contribution is 2.38. The molecule has 1 saturated heterocycles. The largest absolute Gasteiger partial charge is 0.743 e. The molecular formula is C27H25F5O6S2. The van der Waals surface area contributed by atoms with Crippen LogP contribution in [0.15, 0.2) is 93.5 Å². The molecule has 40 heavy (non-hydrogen) atoms. The smallest absolute Gasteiger partial charge is 0.364 e. The highest BCUT2D eigenvalue weighted by molar-refractivity contribution is 7.97. The van der Waals surface area contributed by atoms with Gasteiger partial charge in [-0.1, -0.05) is 18.2 Å². The summed E-state index contributed by atoms with van der Waals surface area (Å²) in [4.78, 5) is 2.73. The summed E-state index contributed by atoms with van der Waals surface area (Å²) in [5, 5.41) is -5.04. The van der Waals surface area contributed by atoms with Gasteiger partial charge in [-0.25, -0.2) is 21.6 Å². The van der Waals surface area contributed by atoms with Gasteiger partial charge in [0.1, 0.15) is 19.0 Å². The van der Waals surface area contributed by atoms with Crippen LogP contribution in [-0.4, -0.2) is 50.1 Å². The topological polar surface area (TPSA) is 84.9 Å². The number of halogens is 5. The third kappa shape index (κ3) is 6.77. The number of hydrogen-bond donors (Lipinski definition) is 0. The van der Waals surface area contributed by atoms with Gasteiger partial charge in [-0.3, -0.25) is 0 Å². The summed E-state index contributed by atoms with van der Waals surface area (Å²) in [6.45, 7) is -0.494. The molecule has 1 aliphatic rings. The van der Waals surface area contributed by atoms with Gasteiger partial charge in [-0.2, -0.15) is 8.78 Å². The molecule has 0 radical (unpaired) electrons. The molecule has 1 fully saturated rings. The van der Waals surface area contributed by atoms with Gasteiger partial charge in [0, 0.05) is 12.0 Å². The third-order valence-corrected chi connectivity index (χ3v) is 9.26. The SMILES string of the molecule is CC1(c2ccc([S+](c3ccccc3)c3ccc(OCCC(F)C(F)(F)S(=O)(=O)[O-])cc3)cc2)OCC(F)(F)CO1. The minimum atomic E-state index is -6.14. The van der Waals surface area contributed by atoms with Crippen LogP contribution in [0.3, 0.4) is 0 Å². The average Bonchev–Trinajstić information content (AvgIpc) is 2.92. The molecule has 0 N–H and O–H groups in total. The molecule has 0 amide bonds. The van der Waals surface area contributed by atoms with Crippen LogP contribution in [0.1, 0.15) is 18.9 Å². The van der Waals surface area contributed by atoms with E-state index in [-0.39, 0.29) is 5.75 Å². The van der Waals surface area contributed by atoms with E-state index in [4.69, 9.17) is 14.2 Å². The van der Waals surface area contributed by atoms with Gasteiger partial charge < -0.3 is 18.8 Å². The fraction of sp³-hybridized carbons (Fsp3) is 0.333. The molecule has 4 rings (SSSR count). The van der Waals surface area contributed by atoms with Crippen molar-refractivity contribution in [2.75, 3.05) is 19.8 Å². The minimum absolute atomic E-state index is 0.229.